The number of carboxylic acid groups (broad SMARTS) is 1. The molecule has 172 valence electrons. The first-order valence-electron chi connectivity index (χ1n) is 9.00. The smallest absolute Gasteiger partial charge is 0.480 e. The van der Waals surface area contributed by atoms with E-state index in [1.54, 1.807) is 11.8 Å². The minimum Gasteiger partial charge on any atom is -0.480 e. The summed E-state index contributed by atoms with van der Waals surface area (Å²) in [5.74, 6) is -1.40. The van der Waals surface area contributed by atoms with Crippen LogP contribution in [0.2, 0.25) is 0 Å². The average molecular weight is 492 g/mol. The predicted octanol–water partition coefficient (Wildman–Crippen LogP) is 1.36. The van der Waals surface area contributed by atoms with Gasteiger partial charge in [-0.25, -0.2) is 8.42 Å². The number of carbonyl (C=O) groups is 1. The Kier molecular flexibility index (Phi) is 5.46. The number of piperazine rings is 1. The van der Waals surface area contributed by atoms with Crippen LogP contribution in [0.15, 0.2) is 29.2 Å². The van der Waals surface area contributed by atoms with Crippen molar-refractivity contribution < 1.29 is 36.2 Å². The lowest BCUT2D eigenvalue weighted by molar-refractivity contribution is -0.274. The number of aryl methyl sites for hydroxylation is 1. The monoisotopic (exact) mass is 492 g/mol. The molecular formula is C16H15F3N6O5S2. The van der Waals surface area contributed by atoms with Gasteiger partial charge in [-0.3, -0.25) is 4.79 Å². The molecule has 0 saturated carbocycles. The number of alkyl halides is 3. The summed E-state index contributed by atoms with van der Waals surface area (Å²) in [5.41, 5.74) is 0. The van der Waals surface area contributed by atoms with Gasteiger partial charge in [-0.2, -0.15) is 8.82 Å². The number of benzene rings is 1. The second kappa shape index (κ2) is 7.86. The van der Waals surface area contributed by atoms with Gasteiger partial charge in [-0.05, 0) is 31.2 Å². The summed E-state index contributed by atoms with van der Waals surface area (Å²) in [6.07, 6.45) is -4.92. The van der Waals surface area contributed by atoms with Crippen molar-refractivity contribution in [3.63, 3.8) is 0 Å². The van der Waals surface area contributed by atoms with Crippen LogP contribution >= 0.6 is 11.3 Å². The first-order valence-corrected chi connectivity index (χ1v) is 11.3. The first kappa shape index (κ1) is 22.2. The minimum atomic E-state index is -4.92. The molecule has 3 heterocycles. The number of rotatable bonds is 5. The Morgan fingerprint density at radius 1 is 1.22 bits per heavy atom. The molecule has 1 aliphatic rings. The van der Waals surface area contributed by atoms with E-state index in [1.807, 2.05) is 0 Å². The molecule has 16 heteroatoms. The summed E-state index contributed by atoms with van der Waals surface area (Å²) in [4.78, 5) is 13.7. The summed E-state index contributed by atoms with van der Waals surface area (Å²) in [6, 6.07) is 2.15. The van der Waals surface area contributed by atoms with Gasteiger partial charge in [0.2, 0.25) is 20.1 Å². The number of anilines is 1. The largest absolute Gasteiger partial charge is 0.573 e. The summed E-state index contributed by atoms with van der Waals surface area (Å²) < 4.78 is 69.1. The molecule has 0 aliphatic carbocycles. The Morgan fingerprint density at radius 3 is 2.50 bits per heavy atom. The number of aliphatic carboxylic acids is 1. The van der Waals surface area contributed by atoms with E-state index in [4.69, 9.17) is 0 Å². The van der Waals surface area contributed by atoms with Gasteiger partial charge in [0.25, 0.3) is 0 Å². The molecule has 0 amide bonds. The van der Waals surface area contributed by atoms with Gasteiger partial charge in [-0.1, -0.05) is 11.3 Å². The lowest BCUT2D eigenvalue weighted by Crippen LogP contribution is -2.58. The number of ether oxygens (including phenoxy) is 1. The highest BCUT2D eigenvalue weighted by Gasteiger charge is 2.41. The fourth-order valence-electron chi connectivity index (χ4n) is 3.21. The lowest BCUT2D eigenvalue weighted by Gasteiger charge is -2.38. The highest BCUT2D eigenvalue weighted by Crippen LogP contribution is 2.29. The molecular weight excluding hydrogens is 477 g/mol. The van der Waals surface area contributed by atoms with E-state index < -0.39 is 34.1 Å². The van der Waals surface area contributed by atoms with Crippen LogP contribution in [0, 0.1) is 6.92 Å². The minimum absolute atomic E-state index is 0.154. The highest BCUT2D eigenvalue weighted by molar-refractivity contribution is 7.89. The maximum atomic E-state index is 13.0. The number of nitrogens with zero attached hydrogens (tertiary/aromatic N) is 6. The van der Waals surface area contributed by atoms with E-state index in [1.165, 1.54) is 15.9 Å². The molecule has 3 aromatic rings. The average Bonchev–Trinajstić information content (AvgIpc) is 3.29. The molecule has 0 spiro atoms. The van der Waals surface area contributed by atoms with Crippen LogP contribution in [-0.4, -0.2) is 75.6 Å². The Balaban J connectivity index is 1.57. The van der Waals surface area contributed by atoms with Gasteiger partial charge < -0.3 is 14.7 Å². The molecule has 2 aromatic heterocycles. The second-order valence-electron chi connectivity index (χ2n) is 6.76. The van der Waals surface area contributed by atoms with E-state index >= 15 is 0 Å². The molecule has 11 nitrogen and oxygen atoms in total. The first-order chi connectivity index (χ1) is 15.0. The van der Waals surface area contributed by atoms with Gasteiger partial charge in [-0.15, -0.1) is 28.5 Å². The van der Waals surface area contributed by atoms with Crippen molar-refractivity contribution in [3.05, 3.63) is 30.1 Å². The quantitative estimate of drug-likeness (QED) is 0.561. The van der Waals surface area contributed by atoms with Gasteiger partial charge in [0.1, 0.15) is 11.8 Å². The molecule has 0 bridgehead atoms. The van der Waals surface area contributed by atoms with Crippen molar-refractivity contribution >= 4 is 37.4 Å². The van der Waals surface area contributed by atoms with Crippen molar-refractivity contribution in [2.75, 3.05) is 24.5 Å². The van der Waals surface area contributed by atoms with Gasteiger partial charge >= 0.3 is 12.3 Å². The molecule has 1 saturated heterocycles. The Labute approximate surface area is 182 Å². The predicted molar refractivity (Wildman–Crippen MR) is 104 cm³/mol. The van der Waals surface area contributed by atoms with Gasteiger partial charge in [0.05, 0.1) is 4.90 Å². The number of fused-ring (bicyclic) bond motifs is 1. The topological polar surface area (TPSA) is 130 Å². The lowest BCUT2D eigenvalue weighted by atomic mass is 10.2. The summed E-state index contributed by atoms with van der Waals surface area (Å²) in [7, 11) is -4.30. The van der Waals surface area contributed by atoms with Crippen molar-refractivity contribution in [1.29, 1.82) is 0 Å². The van der Waals surface area contributed by atoms with Crippen LogP contribution in [0.4, 0.5) is 18.3 Å². The zero-order chi connectivity index (χ0) is 23.3. The van der Waals surface area contributed by atoms with E-state index in [-0.39, 0.29) is 24.5 Å². The van der Waals surface area contributed by atoms with Gasteiger partial charge in [0.15, 0.2) is 5.82 Å². The molecule has 1 atom stereocenters. The third-order valence-corrected chi connectivity index (χ3v) is 7.57. The standard InChI is InChI=1S/C16H15F3N6O5S2/c1-9-20-21-14-25(9)22-15(31-14)23-6-7-24(12(8-23)13(26)27)32(28,29)11-4-2-10(3-5-11)30-16(17,18)19/h2-5,12H,6-8H2,1H3,(H,26,27)/t12-/m1/s1. The summed E-state index contributed by atoms with van der Waals surface area (Å²) >= 11 is 1.19. The van der Waals surface area contributed by atoms with Crippen LogP contribution in [0.25, 0.3) is 4.96 Å². The zero-order valence-electron chi connectivity index (χ0n) is 16.2. The van der Waals surface area contributed by atoms with Crippen LogP contribution in [-0.2, 0) is 14.8 Å². The third kappa shape index (κ3) is 4.20. The van der Waals surface area contributed by atoms with Crippen molar-refractivity contribution in [1.82, 2.24) is 24.1 Å². The Hall–Kier alpha value is -2.98. The van der Waals surface area contributed by atoms with Crippen molar-refractivity contribution in [2.45, 2.75) is 24.2 Å². The van der Waals surface area contributed by atoms with Crippen LogP contribution in [0.3, 0.4) is 0 Å². The number of sulfonamides is 1. The molecule has 1 N–H and O–H groups in total. The van der Waals surface area contributed by atoms with Crippen LogP contribution in [0.5, 0.6) is 5.75 Å². The number of hydrogen-bond acceptors (Lipinski definition) is 9. The summed E-state index contributed by atoms with van der Waals surface area (Å²) in [5, 5.41) is 22.3. The number of aromatic nitrogens is 4. The zero-order valence-corrected chi connectivity index (χ0v) is 17.9. The highest BCUT2D eigenvalue weighted by atomic mass is 32.2. The van der Waals surface area contributed by atoms with Crippen molar-refractivity contribution in [2.24, 2.45) is 0 Å². The molecule has 4 rings (SSSR count). The normalized spacial score (nSPS) is 18.2. The maximum Gasteiger partial charge on any atom is 0.573 e. The Morgan fingerprint density at radius 2 is 1.91 bits per heavy atom. The molecule has 1 fully saturated rings. The Bertz CT molecular complexity index is 1260. The number of halogens is 3. The third-order valence-electron chi connectivity index (χ3n) is 4.69. The molecule has 1 aromatic carbocycles. The second-order valence-corrected chi connectivity index (χ2v) is 9.59. The molecule has 32 heavy (non-hydrogen) atoms. The molecule has 0 unspecified atom stereocenters. The van der Waals surface area contributed by atoms with Crippen LogP contribution in [0.1, 0.15) is 5.82 Å². The van der Waals surface area contributed by atoms with E-state index in [2.05, 4.69) is 20.0 Å². The summed E-state index contributed by atoms with van der Waals surface area (Å²) in [6.45, 7) is 1.52. The van der Waals surface area contributed by atoms with E-state index in [0.717, 1.165) is 28.6 Å². The molecule has 0 radical (unpaired) electrons. The SMILES string of the molecule is Cc1nnc2sc(N3CCN(S(=O)(=O)c4ccc(OC(F)(F)F)cc4)[C@@H](C(=O)O)C3)nn12. The van der Waals surface area contributed by atoms with E-state index in [0.29, 0.717) is 15.9 Å². The fraction of sp³-hybridized carbons (Fsp3) is 0.375. The number of hydrogen-bond donors (Lipinski definition) is 1. The van der Waals surface area contributed by atoms with Crippen molar-refractivity contribution in [3.8, 4) is 5.75 Å². The number of carboxylic acids is 1. The molecule has 1 aliphatic heterocycles. The van der Waals surface area contributed by atoms with Crippen LogP contribution < -0.4 is 9.64 Å². The maximum absolute atomic E-state index is 13.0. The fourth-order valence-corrected chi connectivity index (χ4v) is 5.70. The van der Waals surface area contributed by atoms with E-state index in [9.17, 15) is 31.5 Å². The van der Waals surface area contributed by atoms with Gasteiger partial charge in [0, 0.05) is 19.6 Å².